The molecule has 128 valence electrons. The van der Waals surface area contributed by atoms with E-state index >= 15 is 0 Å². The van der Waals surface area contributed by atoms with Crippen LogP contribution in [0.5, 0.6) is 11.5 Å². The summed E-state index contributed by atoms with van der Waals surface area (Å²) in [6, 6.07) is 13.7. The van der Waals surface area contributed by atoms with Crippen LogP contribution in [0.4, 0.5) is 0 Å². The van der Waals surface area contributed by atoms with E-state index in [-0.39, 0.29) is 5.91 Å². The first kappa shape index (κ1) is 17.9. The number of amides is 1. The summed E-state index contributed by atoms with van der Waals surface area (Å²) in [6.45, 7) is 8.67. The van der Waals surface area contributed by atoms with Gasteiger partial charge in [0.1, 0.15) is 18.1 Å². The largest absolute Gasteiger partial charge is 0.491 e. The van der Waals surface area contributed by atoms with Crippen molar-refractivity contribution in [2.45, 2.75) is 33.8 Å². The fourth-order valence-electron chi connectivity index (χ4n) is 2.31. The van der Waals surface area contributed by atoms with E-state index in [0.29, 0.717) is 18.9 Å². The Bertz CT molecular complexity index is 680. The number of rotatable bonds is 7. The minimum absolute atomic E-state index is 0.153. The third kappa shape index (κ3) is 5.30. The van der Waals surface area contributed by atoms with Gasteiger partial charge in [-0.2, -0.15) is 0 Å². The Morgan fingerprint density at radius 1 is 1.04 bits per heavy atom. The van der Waals surface area contributed by atoms with E-state index in [4.69, 9.17) is 9.47 Å². The molecule has 0 radical (unpaired) electrons. The highest BCUT2D eigenvalue weighted by Crippen LogP contribution is 2.18. The molecule has 0 fully saturated rings. The van der Waals surface area contributed by atoms with E-state index in [2.05, 4.69) is 11.4 Å². The topological polar surface area (TPSA) is 47.6 Å². The molecular weight excluding hydrogens is 302 g/mol. The molecule has 2 rings (SSSR count). The number of carbonyl (C=O) groups excluding carboxylic acids is 1. The monoisotopic (exact) mass is 327 g/mol. The number of ether oxygens (including phenoxy) is 2. The zero-order chi connectivity index (χ0) is 17.5. The maximum atomic E-state index is 12.0. The second-order valence-corrected chi connectivity index (χ2v) is 5.98. The number of carbonyl (C=O) groups is 1. The first-order chi connectivity index (χ1) is 11.5. The molecule has 0 saturated carbocycles. The summed E-state index contributed by atoms with van der Waals surface area (Å²) in [5.41, 5.74) is 3.45. The van der Waals surface area contributed by atoms with Gasteiger partial charge in [0.05, 0.1) is 6.54 Å². The van der Waals surface area contributed by atoms with Gasteiger partial charge >= 0.3 is 0 Å². The molecule has 0 bridgehead atoms. The first-order valence-corrected chi connectivity index (χ1v) is 8.17. The van der Waals surface area contributed by atoms with Gasteiger partial charge in [0.25, 0.3) is 5.91 Å². The second kappa shape index (κ2) is 8.39. The van der Waals surface area contributed by atoms with Gasteiger partial charge in [-0.25, -0.2) is 0 Å². The molecule has 24 heavy (non-hydrogen) atoms. The SMILES string of the molecule is Cc1ccc(OC(C)C(=O)NCCOc2ccc(C)cc2C)cc1. The zero-order valence-corrected chi connectivity index (χ0v) is 14.8. The van der Waals surface area contributed by atoms with Crippen LogP contribution in [0.1, 0.15) is 23.6 Å². The number of hydrogen-bond acceptors (Lipinski definition) is 3. The van der Waals surface area contributed by atoms with E-state index in [9.17, 15) is 4.79 Å². The van der Waals surface area contributed by atoms with Gasteiger partial charge in [-0.05, 0) is 51.5 Å². The molecule has 2 aromatic rings. The van der Waals surface area contributed by atoms with Gasteiger partial charge in [-0.3, -0.25) is 4.79 Å². The standard InChI is InChI=1S/C20H25NO3/c1-14-5-8-18(9-6-14)24-17(4)20(22)21-11-12-23-19-10-7-15(2)13-16(19)3/h5-10,13,17H,11-12H2,1-4H3,(H,21,22). The Balaban J connectivity index is 1.73. The number of nitrogens with one attached hydrogen (secondary N) is 1. The van der Waals surface area contributed by atoms with Crippen LogP contribution in [0.2, 0.25) is 0 Å². The predicted octanol–water partition coefficient (Wildman–Crippen LogP) is 3.57. The normalized spacial score (nSPS) is 11.7. The van der Waals surface area contributed by atoms with E-state index in [1.165, 1.54) is 5.56 Å². The van der Waals surface area contributed by atoms with Crippen LogP contribution < -0.4 is 14.8 Å². The van der Waals surface area contributed by atoms with Crippen molar-refractivity contribution >= 4 is 5.91 Å². The summed E-state index contributed by atoms with van der Waals surface area (Å²) in [5.74, 6) is 1.38. The molecular formula is C20H25NO3. The van der Waals surface area contributed by atoms with Crippen molar-refractivity contribution in [3.05, 3.63) is 59.2 Å². The van der Waals surface area contributed by atoms with Crippen molar-refractivity contribution < 1.29 is 14.3 Å². The van der Waals surface area contributed by atoms with Gasteiger partial charge in [0, 0.05) is 0 Å². The van der Waals surface area contributed by atoms with Crippen molar-refractivity contribution in [3.8, 4) is 11.5 Å². The fraction of sp³-hybridized carbons (Fsp3) is 0.350. The van der Waals surface area contributed by atoms with Gasteiger partial charge in [0.2, 0.25) is 0 Å². The van der Waals surface area contributed by atoms with Crippen LogP contribution in [-0.4, -0.2) is 25.2 Å². The number of hydrogen-bond donors (Lipinski definition) is 1. The molecule has 0 saturated heterocycles. The van der Waals surface area contributed by atoms with Gasteiger partial charge < -0.3 is 14.8 Å². The predicted molar refractivity (Wildman–Crippen MR) is 95.7 cm³/mol. The highest BCUT2D eigenvalue weighted by Gasteiger charge is 2.14. The molecule has 4 heteroatoms. The zero-order valence-electron chi connectivity index (χ0n) is 14.8. The average Bonchev–Trinajstić information content (AvgIpc) is 2.55. The van der Waals surface area contributed by atoms with Crippen LogP contribution in [0.25, 0.3) is 0 Å². The Morgan fingerprint density at radius 2 is 1.71 bits per heavy atom. The molecule has 0 aliphatic heterocycles. The Morgan fingerprint density at radius 3 is 2.38 bits per heavy atom. The number of aryl methyl sites for hydroxylation is 3. The minimum atomic E-state index is -0.547. The van der Waals surface area contributed by atoms with Gasteiger partial charge in [-0.15, -0.1) is 0 Å². The summed E-state index contributed by atoms with van der Waals surface area (Å²) in [7, 11) is 0. The first-order valence-electron chi connectivity index (χ1n) is 8.17. The summed E-state index contributed by atoms with van der Waals surface area (Å²) < 4.78 is 11.3. The maximum absolute atomic E-state index is 12.0. The van der Waals surface area contributed by atoms with E-state index in [0.717, 1.165) is 16.9 Å². The van der Waals surface area contributed by atoms with Crippen molar-refractivity contribution in [1.82, 2.24) is 5.32 Å². The van der Waals surface area contributed by atoms with E-state index < -0.39 is 6.10 Å². The van der Waals surface area contributed by atoms with Crippen LogP contribution in [0.3, 0.4) is 0 Å². The summed E-state index contributed by atoms with van der Waals surface area (Å²) >= 11 is 0. The molecule has 0 heterocycles. The molecule has 0 spiro atoms. The van der Waals surface area contributed by atoms with Crippen molar-refractivity contribution in [2.24, 2.45) is 0 Å². The highest BCUT2D eigenvalue weighted by atomic mass is 16.5. The molecule has 2 aromatic carbocycles. The summed E-state index contributed by atoms with van der Waals surface area (Å²) in [6.07, 6.45) is -0.547. The quantitative estimate of drug-likeness (QED) is 0.791. The molecule has 1 unspecified atom stereocenters. The third-order valence-corrected chi connectivity index (χ3v) is 3.69. The van der Waals surface area contributed by atoms with E-state index in [1.807, 2.05) is 57.2 Å². The van der Waals surface area contributed by atoms with Crippen molar-refractivity contribution in [3.63, 3.8) is 0 Å². The molecule has 1 N–H and O–H groups in total. The lowest BCUT2D eigenvalue weighted by molar-refractivity contribution is -0.127. The Kier molecular flexibility index (Phi) is 6.24. The van der Waals surface area contributed by atoms with Crippen LogP contribution >= 0.6 is 0 Å². The number of benzene rings is 2. The maximum Gasteiger partial charge on any atom is 0.260 e. The summed E-state index contributed by atoms with van der Waals surface area (Å²) in [5, 5.41) is 2.83. The van der Waals surface area contributed by atoms with E-state index in [1.54, 1.807) is 6.92 Å². The van der Waals surface area contributed by atoms with Gasteiger partial charge in [0.15, 0.2) is 6.10 Å². The highest BCUT2D eigenvalue weighted by molar-refractivity contribution is 5.80. The van der Waals surface area contributed by atoms with Crippen LogP contribution in [-0.2, 0) is 4.79 Å². The van der Waals surface area contributed by atoms with Crippen molar-refractivity contribution in [1.29, 1.82) is 0 Å². The van der Waals surface area contributed by atoms with Gasteiger partial charge in [-0.1, -0.05) is 35.4 Å². The average molecular weight is 327 g/mol. The lowest BCUT2D eigenvalue weighted by Crippen LogP contribution is -2.38. The Labute approximate surface area is 143 Å². The third-order valence-electron chi connectivity index (χ3n) is 3.69. The minimum Gasteiger partial charge on any atom is -0.491 e. The molecule has 0 aliphatic carbocycles. The molecule has 1 atom stereocenters. The smallest absolute Gasteiger partial charge is 0.260 e. The van der Waals surface area contributed by atoms with Crippen molar-refractivity contribution in [2.75, 3.05) is 13.2 Å². The molecule has 1 amide bonds. The van der Waals surface area contributed by atoms with Crippen LogP contribution in [0.15, 0.2) is 42.5 Å². The lowest BCUT2D eigenvalue weighted by Gasteiger charge is -2.15. The second-order valence-electron chi connectivity index (χ2n) is 5.98. The van der Waals surface area contributed by atoms with Crippen LogP contribution in [0, 0.1) is 20.8 Å². The fourth-order valence-corrected chi connectivity index (χ4v) is 2.31. The lowest BCUT2D eigenvalue weighted by atomic mass is 10.1. The molecule has 4 nitrogen and oxygen atoms in total. The summed E-state index contributed by atoms with van der Waals surface area (Å²) in [4.78, 5) is 12.0. The molecule has 0 aromatic heterocycles. The Hall–Kier alpha value is -2.49. The molecule has 0 aliphatic rings.